The number of rotatable bonds is 18. The fourth-order valence-corrected chi connectivity index (χ4v) is 7.43. The second-order valence-corrected chi connectivity index (χ2v) is 17.6. The van der Waals surface area contributed by atoms with Gasteiger partial charge in [-0.25, -0.2) is 19.2 Å². The largest absolute Gasteiger partial charge is 0.467 e. The topological polar surface area (TPSA) is 187 Å². The van der Waals surface area contributed by atoms with Crippen LogP contribution in [0.4, 0.5) is 9.59 Å². The van der Waals surface area contributed by atoms with Crippen LogP contribution in [0.3, 0.4) is 0 Å². The van der Waals surface area contributed by atoms with E-state index >= 15 is 0 Å². The van der Waals surface area contributed by atoms with Crippen molar-refractivity contribution in [1.82, 2.24) is 21.3 Å². The Balaban J connectivity index is 1.19. The molecule has 4 aromatic carbocycles. The number of esters is 3. The van der Waals surface area contributed by atoms with Gasteiger partial charge in [0.2, 0.25) is 5.91 Å². The van der Waals surface area contributed by atoms with Crippen molar-refractivity contribution in [2.24, 2.45) is 0 Å². The van der Waals surface area contributed by atoms with E-state index in [2.05, 4.69) is 33.4 Å². The van der Waals surface area contributed by atoms with E-state index in [4.69, 9.17) is 18.9 Å². The first-order valence-corrected chi connectivity index (χ1v) is 21.4. The molecule has 3 unspecified atom stereocenters. The molecule has 63 heavy (non-hydrogen) atoms. The van der Waals surface area contributed by atoms with E-state index in [0.29, 0.717) is 12.8 Å². The van der Waals surface area contributed by atoms with Crippen molar-refractivity contribution in [1.29, 1.82) is 0 Å². The monoisotopic (exact) mass is 864 g/mol. The Hall–Kier alpha value is -6.44. The molecule has 4 N–H and O–H groups in total. The number of urea groups is 1. The summed E-state index contributed by atoms with van der Waals surface area (Å²) in [4.78, 5) is 78.5. The molecule has 5 rings (SSSR count). The summed E-state index contributed by atoms with van der Waals surface area (Å²) < 4.78 is 21.5. The lowest BCUT2D eigenvalue weighted by Crippen LogP contribution is -2.52. The number of hydrogen-bond acceptors (Lipinski definition) is 10. The summed E-state index contributed by atoms with van der Waals surface area (Å²) in [6, 6.07) is 25.8. The number of hydrogen-bond donors (Lipinski definition) is 4. The van der Waals surface area contributed by atoms with Gasteiger partial charge in [0.1, 0.15) is 35.9 Å². The molecule has 336 valence electrons. The number of amides is 4. The number of unbranched alkanes of at least 4 members (excludes halogenated alkanes) is 1. The Labute approximate surface area is 369 Å². The number of carbonyl (C=O) groups excluding carboxylic acids is 6. The zero-order valence-electron chi connectivity index (χ0n) is 37.2. The van der Waals surface area contributed by atoms with Gasteiger partial charge < -0.3 is 40.2 Å². The molecule has 4 aromatic rings. The zero-order chi connectivity index (χ0) is 45.7. The van der Waals surface area contributed by atoms with Crippen LogP contribution in [0.25, 0.3) is 21.9 Å². The van der Waals surface area contributed by atoms with Gasteiger partial charge in [-0.1, -0.05) is 91.0 Å². The van der Waals surface area contributed by atoms with Gasteiger partial charge in [-0.3, -0.25) is 9.59 Å². The van der Waals surface area contributed by atoms with E-state index in [-0.39, 0.29) is 44.8 Å². The SMILES string of the molecule is COC(=O)C(CCC(=O)OC(C)(C)C)NC(=O)NC(CCCCNC(=O)C(Cc1ccc2ccccc2c1)NC(=O)OCC1c2ccccc2-c2ccccc21)C(=O)OC(C)(C)C. The van der Waals surface area contributed by atoms with Crippen molar-refractivity contribution in [2.75, 3.05) is 20.3 Å². The number of carbonyl (C=O) groups is 6. The molecule has 14 heteroatoms. The van der Waals surface area contributed by atoms with Gasteiger partial charge in [0.25, 0.3) is 0 Å². The standard InChI is InChI=1S/C49H60N4O10/c1-48(2,3)62-42(54)26-25-40(44(56)60-7)52-46(58)51-39(45(57)63-49(4,5)6)22-14-15-27-50-43(55)41(29-31-23-24-32-16-8-9-17-33(32)28-31)53-47(59)61-30-38-36-20-12-10-18-34(36)35-19-11-13-21-37(35)38/h8-13,16-21,23-24,28,38-41H,14-15,22,25-27,29-30H2,1-7H3,(H,50,55)(H,53,59)(H2,51,52,58). The van der Waals surface area contributed by atoms with E-state index in [9.17, 15) is 28.8 Å². The van der Waals surface area contributed by atoms with Crippen molar-refractivity contribution in [2.45, 2.75) is 115 Å². The first-order valence-electron chi connectivity index (χ1n) is 21.4. The summed E-state index contributed by atoms with van der Waals surface area (Å²) >= 11 is 0. The van der Waals surface area contributed by atoms with Crippen molar-refractivity contribution >= 4 is 46.7 Å². The molecule has 0 aromatic heterocycles. The smallest absolute Gasteiger partial charge is 0.407 e. The van der Waals surface area contributed by atoms with Crippen LogP contribution in [-0.2, 0) is 44.5 Å². The summed E-state index contributed by atoms with van der Waals surface area (Å²) in [5.74, 6) is -2.58. The lowest BCUT2D eigenvalue weighted by Gasteiger charge is -2.25. The molecular weight excluding hydrogens is 805 g/mol. The average Bonchev–Trinajstić information content (AvgIpc) is 3.55. The van der Waals surface area contributed by atoms with Crippen molar-refractivity contribution < 1.29 is 47.7 Å². The number of methoxy groups -OCH3 is 1. The fourth-order valence-electron chi connectivity index (χ4n) is 7.43. The third-order valence-electron chi connectivity index (χ3n) is 10.3. The highest BCUT2D eigenvalue weighted by atomic mass is 16.6. The zero-order valence-corrected chi connectivity index (χ0v) is 37.2. The molecule has 0 saturated heterocycles. The maximum Gasteiger partial charge on any atom is 0.407 e. The highest BCUT2D eigenvalue weighted by Crippen LogP contribution is 2.44. The van der Waals surface area contributed by atoms with Crippen LogP contribution in [0.5, 0.6) is 0 Å². The minimum Gasteiger partial charge on any atom is -0.467 e. The first kappa shape index (κ1) is 47.6. The van der Waals surface area contributed by atoms with Gasteiger partial charge in [0.05, 0.1) is 7.11 Å². The Morgan fingerprint density at radius 1 is 0.635 bits per heavy atom. The van der Waals surface area contributed by atoms with Gasteiger partial charge in [0.15, 0.2) is 0 Å². The third kappa shape index (κ3) is 14.3. The number of fused-ring (bicyclic) bond motifs is 4. The number of ether oxygens (including phenoxy) is 4. The third-order valence-corrected chi connectivity index (χ3v) is 10.3. The van der Waals surface area contributed by atoms with Crippen LogP contribution in [0.15, 0.2) is 91.0 Å². The molecule has 1 aliphatic rings. The van der Waals surface area contributed by atoms with Gasteiger partial charge in [-0.05, 0) is 106 Å². The highest BCUT2D eigenvalue weighted by Gasteiger charge is 2.32. The summed E-state index contributed by atoms with van der Waals surface area (Å²) in [5.41, 5.74) is 3.61. The molecular formula is C49H60N4O10. The second kappa shape index (κ2) is 21.6. The van der Waals surface area contributed by atoms with Crippen molar-refractivity contribution in [3.8, 4) is 11.1 Å². The Morgan fingerprint density at radius 3 is 1.84 bits per heavy atom. The van der Waals surface area contributed by atoms with Gasteiger partial charge in [-0.15, -0.1) is 0 Å². The molecule has 1 aliphatic carbocycles. The van der Waals surface area contributed by atoms with Crippen LogP contribution in [0.2, 0.25) is 0 Å². The van der Waals surface area contributed by atoms with Crippen molar-refractivity contribution in [3.05, 3.63) is 108 Å². The highest BCUT2D eigenvalue weighted by molar-refractivity contribution is 5.88. The van der Waals surface area contributed by atoms with E-state index < -0.39 is 65.3 Å². The summed E-state index contributed by atoms with van der Waals surface area (Å²) in [7, 11) is 1.16. The lowest BCUT2D eigenvalue weighted by molar-refractivity contribution is -0.157. The molecule has 0 bridgehead atoms. The van der Waals surface area contributed by atoms with Crippen molar-refractivity contribution in [3.63, 3.8) is 0 Å². The normalized spacial score (nSPS) is 13.6. The van der Waals surface area contributed by atoms with Crippen LogP contribution < -0.4 is 21.3 Å². The molecule has 0 fully saturated rings. The molecule has 0 radical (unpaired) electrons. The predicted octanol–water partition coefficient (Wildman–Crippen LogP) is 7.25. The Kier molecular flexibility index (Phi) is 16.3. The van der Waals surface area contributed by atoms with E-state index in [1.165, 1.54) is 0 Å². The molecule has 0 spiro atoms. The maximum atomic E-state index is 13.8. The van der Waals surface area contributed by atoms with Crippen LogP contribution >= 0.6 is 0 Å². The summed E-state index contributed by atoms with van der Waals surface area (Å²) in [5, 5.41) is 12.9. The average molecular weight is 865 g/mol. The molecule has 3 atom stereocenters. The van der Waals surface area contributed by atoms with Crippen LogP contribution in [-0.4, -0.2) is 85.5 Å². The molecule has 0 saturated carbocycles. The molecule has 14 nitrogen and oxygen atoms in total. The summed E-state index contributed by atoms with van der Waals surface area (Å²) in [6.07, 6.45) is 0.137. The van der Waals surface area contributed by atoms with Crippen LogP contribution in [0, 0.1) is 0 Å². The van der Waals surface area contributed by atoms with Crippen LogP contribution in [0.1, 0.15) is 96.3 Å². The number of alkyl carbamates (subject to hydrolysis) is 1. The van der Waals surface area contributed by atoms with Gasteiger partial charge >= 0.3 is 30.0 Å². The van der Waals surface area contributed by atoms with Gasteiger partial charge in [0, 0.05) is 25.3 Å². The lowest BCUT2D eigenvalue weighted by atomic mass is 9.98. The van der Waals surface area contributed by atoms with Gasteiger partial charge in [-0.2, -0.15) is 0 Å². The molecule has 4 amide bonds. The van der Waals surface area contributed by atoms with E-state index in [1.54, 1.807) is 41.5 Å². The number of benzene rings is 4. The Bertz CT molecular complexity index is 2220. The second-order valence-electron chi connectivity index (χ2n) is 17.6. The minimum absolute atomic E-state index is 0.0878. The Morgan fingerprint density at radius 2 is 1.22 bits per heavy atom. The first-order chi connectivity index (χ1) is 29.9. The predicted molar refractivity (Wildman–Crippen MR) is 239 cm³/mol. The quantitative estimate of drug-likeness (QED) is 0.0451. The van der Waals surface area contributed by atoms with E-state index in [0.717, 1.165) is 45.7 Å². The maximum absolute atomic E-state index is 13.8. The molecule has 0 aliphatic heterocycles. The molecule has 0 heterocycles. The summed E-state index contributed by atoms with van der Waals surface area (Å²) in [6.45, 7) is 10.5. The fraction of sp³-hybridized carbons (Fsp3) is 0.429. The number of nitrogens with one attached hydrogen (secondary N) is 4. The van der Waals surface area contributed by atoms with E-state index in [1.807, 2.05) is 78.9 Å². The minimum atomic E-state index is -1.19.